The van der Waals surface area contributed by atoms with Gasteiger partial charge in [0.2, 0.25) is 18.6 Å². The van der Waals surface area contributed by atoms with Crippen LogP contribution in [-0.2, 0) is 0 Å². The van der Waals surface area contributed by atoms with Crippen LogP contribution in [0, 0.1) is 22.7 Å². The van der Waals surface area contributed by atoms with Crippen molar-refractivity contribution in [3.8, 4) is 40.5 Å². The number of benzene rings is 2. The van der Waals surface area contributed by atoms with Crippen LogP contribution < -0.4 is 14.2 Å². The fourth-order valence-corrected chi connectivity index (χ4v) is 4.94. The molecule has 3 N–H and O–H groups in total. The van der Waals surface area contributed by atoms with Crippen LogP contribution >= 0.6 is 31.9 Å². The molecule has 0 bridgehead atoms. The number of aromatic nitrogens is 2. The molecule has 2 aliphatic heterocycles. The van der Waals surface area contributed by atoms with Crippen molar-refractivity contribution in [3.05, 3.63) is 50.4 Å². The Labute approximate surface area is 187 Å². The van der Waals surface area contributed by atoms with E-state index in [1.54, 1.807) is 18.2 Å². The van der Waals surface area contributed by atoms with Gasteiger partial charge in [0.25, 0.3) is 0 Å². The summed E-state index contributed by atoms with van der Waals surface area (Å²) < 4.78 is 17.4. The normalized spacial score (nSPS) is 19.2. The van der Waals surface area contributed by atoms with Gasteiger partial charge in [0, 0.05) is 11.5 Å². The van der Waals surface area contributed by atoms with Crippen LogP contribution in [0.1, 0.15) is 17.0 Å². The maximum absolute atomic E-state index is 10.1. The minimum absolute atomic E-state index is 0.0535. The van der Waals surface area contributed by atoms with Crippen molar-refractivity contribution in [2.24, 2.45) is 5.92 Å². The van der Waals surface area contributed by atoms with Gasteiger partial charge in [-0.15, -0.1) is 5.10 Å². The first-order chi connectivity index (χ1) is 14.5. The largest absolute Gasteiger partial charge is 0.506 e. The maximum Gasteiger partial charge on any atom is 0.244 e. The molecule has 30 heavy (non-hydrogen) atoms. The first-order valence-electron chi connectivity index (χ1n) is 8.80. The average Bonchev–Trinajstić information content (AvgIpc) is 3.36. The standard InChI is InChI=1S/C20H12Br2N4O4/c21-11-3-9(4-12(22)18(11)27)15-10(6-23)19(24)30-20-16(15)17(25-26-20)8-1-2-13-14(5-8)29-7-28-13/h1-5,10,15,24,27H,7H2,(H,25,26). The highest BCUT2D eigenvalue weighted by atomic mass is 79.9. The quantitative estimate of drug-likeness (QED) is 0.441. The number of fused-ring (bicyclic) bond motifs is 2. The highest BCUT2D eigenvalue weighted by Gasteiger charge is 2.41. The number of halogens is 2. The summed E-state index contributed by atoms with van der Waals surface area (Å²) in [5.41, 5.74) is 2.81. The second-order valence-electron chi connectivity index (χ2n) is 6.77. The molecule has 2 atom stereocenters. The molecule has 0 saturated carbocycles. The van der Waals surface area contributed by atoms with Crippen LogP contribution in [0.3, 0.4) is 0 Å². The molecule has 0 saturated heterocycles. The van der Waals surface area contributed by atoms with Crippen molar-refractivity contribution < 1.29 is 19.3 Å². The summed E-state index contributed by atoms with van der Waals surface area (Å²) in [6.45, 7) is 0.162. The Balaban J connectivity index is 1.72. The van der Waals surface area contributed by atoms with Crippen LogP contribution in [0.15, 0.2) is 39.3 Å². The summed E-state index contributed by atoms with van der Waals surface area (Å²) in [5, 5.41) is 35.4. The molecule has 3 heterocycles. The summed E-state index contributed by atoms with van der Waals surface area (Å²) in [5.74, 6) is -0.0296. The Morgan fingerprint density at radius 3 is 2.63 bits per heavy atom. The SMILES string of the molecule is N#CC1C(=N)Oc2n[nH]c(-c3ccc4c(c3)OCO4)c2C1c1cc(Br)c(O)c(Br)c1. The van der Waals surface area contributed by atoms with Crippen LogP contribution in [0.2, 0.25) is 0 Å². The Kier molecular flexibility index (Phi) is 4.45. The van der Waals surface area contributed by atoms with Gasteiger partial charge in [-0.2, -0.15) is 5.26 Å². The molecule has 0 fully saturated rings. The molecule has 2 aliphatic rings. The van der Waals surface area contributed by atoms with Gasteiger partial charge in [0.15, 0.2) is 11.5 Å². The number of aromatic amines is 1. The van der Waals surface area contributed by atoms with E-state index in [0.717, 1.165) is 11.1 Å². The highest BCUT2D eigenvalue weighted by molar-refractivity contribution is 9.11. The number of phenolic OH excluding ortho intramolecular Hbond substituents is 1. The Hall–Kier alpha value is -3.03. The van der Waals surface area contributed by atoms with Gasteiger partial charge in [-0.3, -0.25) is 10.5 Å². The minimum Gasteiger partial charge on any atom is -0.506 e. The molecule has 0 radical (unpaired) electrons. The number of hydrogen-bond acceptors (Lipinski definition) is 7. The van der Waals surface area contributed by atoms with Crippen molar-refractivity contribution in [2.75, 3.05) is 6.79 Å². The predicted octanol–water partition coefficient (Wildman–Crippen LogP) is 4.68. The second kappa shape index (κ2) is 7.04. The second-order valence-corrected chi connectivity index (χ2v) is 8.48. The van der Waals surface area contributed by atoms with Crippen molar-refractivity contribution in [2.45, 2.75) is 5.92 Å². The number of aromatic hydroxyl groups is 1. The van der Waals surface area contributed by atoms with Crippen LogP contribution in [0.5, 0.6) is 23.1 Å². The van der Waals surface area contributed by atoms with Crippen molar-refractivity contribution in [1.29, 1.82) is 10.7 Å². The smallest absolute Gasteiger partial charge is 0.244 e. The molecule has 8 nitrogen and oxygen atoms in total. The van der Waals surface area contributed by atoms with Gasteiger partial charge in [-0.25, -0.2) is 0 Å². The van der Waals surface area contributed by atoms with E-state index in [0.29, 0.717) is 31.7 Å². The van der Waals surface area contributed by atoms with Gasteiger partial charge in [-0.05, 0) is 67.8 Å². The molecule has 2 aromatic carbocycles. The van der Waals surface area contributed by atoms with Gasteiger partial charge in [-0.1, -0.05) is 0 Å². The predicted molar refractivity (Wildman–Crippen MR) is 113 cm³/mol. The Morgan fingerprint density at radius 1 is 1.17 bits per heavy atom. The van der Waals surface area contributed by atoms with E-state index in [2.05, 4.69) is 48.1 Å². The molecular formula is C20H12Br2N4O4. The van der Waals surface area contributed by atoms with Gasteiger partial charge in [0.1, 0.15) is 11.7 Å². The average molecular weight is 532 g/mol. The maximum atomic E-state index is 10.1. The number of rotatable bonds is 2. The summed E-state index contributed by atoms with van der Waals surface area (Å²) in [6.07, 6.45) is 0. The first kappa shape index (κ1) is 19.0. The molecule has 5 rings (SSSR count). The van der Waals surface area contributed by atoms with Crippen molar-refractivity contribution in [3.63, 3.8) is 0 Å². The van der Waals surface area contributed by atoms with E-state index < -0.39 is 11.8 Å². The number of H-pyrrole nitrogens is 1. The number of nitrogens with one attached hydrogen (secondary N) is 2. The van der Waals surface area contributed by atoms with E-state index in [9.17, 15) is 10.4 Å². The Morgan fingerprint density at radius 2 is 1.90 bits per heavy atom. The monoisotopic (exact) mass is 530 g/mol. The zero-order chi connectivity index (χ0) is 21.0. The Bertz CT molecular complexity index is 1230. The molecule has 10 heteroatoms. The lowest BCUT2D eigenvalue weighted by Gasteiger charge is -2.28. The van der Waals surface area contributed by atoms with Gasteiger partial charge in [0.05, 0.1) is 26.3 Å². The van der Waals surface area contributed by atoms with Crippen LogP contribution in [0.4, 0.5) is 0 Å². The fourth-order valence-electron chi connectivity index (χ4n) is 3.72. The van der Waals surface area contributed by atoms with E-state index >= 15 is 0 Å². The van der Waals surface area contributed by atoms with Crippen LogP contribution in [-0.4, -0.2) is 28.0 Å². The molecule has 150 valence electrons. The van der Waals surface area contributed by atoms with Crippen LogP contribution in [0.25, 0.3) is 11.3 Å². The number of nitriles is 1. The molecule has 0 spiro atoms. The lowest BCUT2D eigenvalue weighted by molar-refractivity contribution is 0.174. The zero-order valence-electron chi connectivity index (χ0n) is 15.1. The molecule has 2 unspecified atom stereocenters. The van der Waals surface area contributed by atoms with Gasteiger partial charge < -0.3 is 19.3 Å². The number of phenols is 1. The number of ether oxygens (including phenoxy) is 3. The number of hydrogen-bond donors (Lipinski definition) is 3. The van der Waals surface area contributed by atoms with E-state index in [-0.39, 0.29) is 24.3 Å². The highest BCUT2D eigenvalue weighted by Crippen LogP contribution is 2.48. The van der Waals surface area contributed by atoms with E-state index in [1.807, 2.05) is 12.1 Å². The molecule has 0 amide bonds. The molecular weight excluding hydrogens is 520 g/mol. The summed E-state index contributed by atoms with van der Waals surface area (Å²) in [6, 6.07) is 11.1. The topological polar surface area (TPSA) is 124 Å². The summed E-state index contributed by atoms with van der Waals surface area (Å²) in [4.78, 5) is 0. The number of nitrogens with zero attached hydrogens (tertiary/aromatic N) is 2. The zero-order valence-corrected chi connectivity index (χ0v) is 18.2. The molecule has 1 aromatic heterocycles. The first-order valence-corrected chi connectivity index (χ1v) is 10.4. The van der Waals surface area contributed by atoms with Crippen molar-refractivity contribution >= 4 is 37.8 Å². The van der Waals surface area contributed by atoms with E-state index in [1.165, 1.54) is 0 Å². The fraction of sp³-hybridized carbons (Fsp3) is 0.150. The molecule has 3 aromatic rings. The van der Waals surface area contributed by atoms with E-state index in [4.69, 9.17) is 19.6 Å². The third kappa shape index (κ3) is 2.85. The molecule has 0 aliphatic carbocycles. The lowest BCUT2D eigenvalue weighted by Crippen LogP contribution is -2.30. The summed E-state index contributed by atoms with van der Waals surface area (Å²) >= 11 is 6.69. The van der Waals surface area contributed by atoms with Crippen molar-refractivity contribution in [1.82, 2.24) is 10.2 Å². The summed E-state index contributed by atoms with van der Waals surface area (Å²) in [7, 11) is 0. The minimum atomic E-state index is -0.869. The third-order valence-corrected chi connectivity index (χ3v) is 6.31. The lowest BCUT2D eigenvalue weighted by atomic mass is 9.79. The van der Waals surface area contributed by atoms with Gasteiger partial charge >= 0.3 is 0 Å². The third-order valence-electron chi connectivity index (χ3n) is 5.10.